The summed E-state index contributed by atoms with van der Waals surface area (Å²) in [7, 11) is 0. The number of nitrogens with zero attached hydrogens (tertiary/aromatic N) is 2. The van der Waals surface area contributed by atoms with Crippen LogP contribution in [-0.4, -0.2) is 27.5 Å². The highest BCUT2D eigenvalue weighted by Gasteiger charge is 2.05. The molecule has 0 aliphatic rings. The molecule has 0 aromatic carbocycles. The van der Waals surface area contributed by atoms with E-state index in [-0.39, 0.29) is 12.6 Å². The summed E-state index contributed by atoms with van der Waals surface area (Å²) in [5.41, 5.74) is 6.68. The van der Waals surface area contributed by atoms with E-state index in [9.17, 15) is 0 Å². The van der Waals surface area contributed by atoms with Crippen molar-refractivity contribution in [3.8, 4) is 0 Å². The smallest absolute Gasteiger partial charge is 0.0585 e. The molecule has 1 rings (SSSR count). The summed E-state index contributed by atoms with van der Waals surface area (Å²) in [6, 6.07) is 0.198. The zero-order chi connectivity index (χ0) is 9.84. The highest BCUT2D eigenvalue weighted by Crippen LogP contribution is 2.06. The number of hydrogen-bond acceptors (Lipinski definition) is 3. The van der Waals surface area contributed by atoms with Crippen molar-refractivity contribution < 1.29 is 5.11 Å². The third kappa shape index (κ3) is 2.82. The number of aliphatic hydroxyl groups excluding tert-OH is 1. The van der Waals surface area contributed by atoms with Crippen molar-refractivity contribution in [2.24, 2.45) is 5.73 Å². The van der Waals surface area contributed by atoms with E-state index in [0.29, 0.717) is 12.5 Å². The Hall–Kier alpha value is -0.870. The van der Waals surface area contributed by atoms with Crippen molar-refractivity contribution in [1.29, 1.82) is 0 Å². The quantitative estimate of drug-likeness (QED) is 0.707. The Bertz CT molecular complexity index is 257. The number of aliphatic hydroxyl groups is 1. The highest BCUT2D eigenvalue weighted by atomic mass is 16.3. The van der Waals surface area contributed by atoms with Gasteiger partial charge in [-0.25, -0.2) is 0 Å². The molecule has 0 aliphatic carbocycles. The molecule has 1 unspecified atom stereocenters. The van der Waals surface area contributed by atoms with Gasteiger partial charge in [0.25, 0.3) is 0 Å². The first-order chi connectivity index (χ1) is 6.13. The second-order valence-electron chi connectivity index (χ2n) is 3.57. The van der Waals surface area contributed by atoms with Gasteiger partial charge in [0.1, 0.15) is 0 Å². The van der Waals surface area contributed by atoms with Gasteiger partial charge in [-0.05, 0) is 25.8 Å². The third-order valence-corrected chi connectivity index (χ3v) is 1.92. The lowest BCUT2D eigenvalue weighted by Gasteiger charge is -2.05. The summed E-state index contributed by atoms with van der Waals surface area (Å²) in [6.45, 7) is 4.17. The van der Waals surface area contributed by atoms with Crippen LogP contribution in [0.4, 0.5) is 0 Å². The third-order valence-electron chi connectivity index (χ3n) is 1.92. The van der Waals surface area contributed by atoms with Crippen LogP contribution in [0.15, 0.2) is 12.4 Å². The Labute approximate surface area is 78.4 Å². The molecule has 0 amide bonds. The van der Waals surface area contributed by atoms with Crippen LogP contribution in [0.25, 0.3) is 0 Å². The first-order valence-electron chi connectivity index (χ1n) is 4.53. The molecule has 1 atom stereocenters. The van der Waals surface area contributed by atoms with Crippen molar-refractivity contribution in [3.05, 3.63) is 18.0 Å². The summed E-state index contributed by atoms with van der Waals surface area (Å²) in [4.78, 5) is 0. The van der Waals surface area contributed by atoms with E-state index in [2.05, 4.69) is 18.9 Å². The minimum atomic E-state index is -0.176. The van der Waals surface area contributed by atoms with Gasteiger partial charge < -0.3 is 10.8 Å². The SMILES string of the molecule is CC(C)n1cc(CC(N)CO)cn1. The molecule has 0 bridgehead atoms. The van der Waals surface area contributed by atoms with E-state index in [0.717, 1.165) is 5.56 Å². The van der Waals surface area contributed by atoms with E-state index in [1.165, 1.54) is 0 Å². The highest BCUT2D eigenvalue weighted by molar-refractivity contribution is 5.06. The molecule has 13 heavy (non-hydrogen) atoms. The van der Waals surface area contributed by atoms with E-state index < -0.39 is 0 Å². The minimum Gasteiger partial charge on any atom is -0.395 e. The first-order valence-corrected chi connectivity index (χ1v) is 4.53. The average molecular weight is 183 g/mol. The maximum Gasteiger partial charge on any atom is 0.0585 e. The second kappa shape index (κ2) is 4.39. The van der Waals surface area contributed by atoms with Crippen LogP contribution in [0, 0.1) is 0 Å². The van der Waals surface area contributed by atoms with Crippen LogP contribution in [-0.2, 0) is 6.42 Å². The van der Waals surface area contributed by atoms with Crippen LogP contribution < -0.4 is 5.73 Å². The molecular weight excluding hydrogens is 166 g/mol. The summed E-state index contributed by atoms with van der Waals surface area (Å²) in [6.07, 6.45) is 4.46. The number of hydrogen-bond donors (Lipinski definition) is 2. The second-order valence-corrected chi connectivity index (χ2v) is 3.57. The molecule has 1 heterocycles. The predicted octanol–water partition coefficient (Wildman–Crippen LogP) is 0.326. The van der Waals surface area contributed by atoms with E-state index in [4.69, 9.17) is 10.8 Å². The molecular formula is C9H17N3O. The van der Waals surface area contributed by atoms with E-state index in [1.54, 1.807) is 6.20 Å². The van der Waals surface area contributed by atoms with Crippen molar-refractivity contribution in [3.63, 3.8) is 0 Å². The van der Waals surface area contributed by atoms with Crippen molar-refractivity contribution >= 4 is 0 Å². The standard InChI is InChI=1S/C9H17N3O/c1-7(2)12-5-8(4-11-12)3-9(10)6-13/h4-5,7,9,13H,3,6,10H2,1-2H3. The normalized spacial score (nSPS) is 13.6. The largest absolute Gasteiger partial charge is 0.395 e. The molecule has 0 spiro atoms. The first kappa shape index (κ1) is 10.2. The summed E-state index contributed by atoms with van der Waals surface area (Å²) in [5, 5.41) is 12.9. The van der Waals surface area contributed by atoms with Gasteiger partial charge in [0, 0.05) is 18.3 Å². The van der Waals surface area contributed by atoms with Crippen LogP contribution in [0.5, 0.6) is 0 Å². The topological polar surface area (TPSA) is 64.1 Å². The molecule has 0 fully saturated rings. The van der Waals surface area contributed by atoms with Gasteiger partial charge >= 0.3 is 0 Å². The molecule has 0 radical (unpaired) electrons. The molecule has 4 nitrogen and oxygen atoms in total. The van der Waals surface area contributed by atoms with E-state index in [1.807, 2.05) is 10.9 Å². The number of nitrogens with two attached hydrogens (primary N) is 1. The molecule has 4 heteroatoms. The van der Waals surface area contributed by atoms with Gasteiger partial charge in [0.2, 0.25) is 0 Å². The van der Waals surface area contributed by atoms with Gasteiger partial charge in [0.05, 0.1) is 12.8 Å². The molecule has 0 saturated carbocycles. The van der Waals surface area contributed by atoms with E-state index >= 15 is 0 Å². The van der Waals surface area contributed by atoms with Gasteiger partial charge in [0.15, 0.2) is 0 Å². The maximum atomic E-state index is 8.76. The van der Waals surface area contributed by atoms with Crippen LogP contribution in [0.3, 0.4) is 0 Å². The Morgan fingerprint density at radius 1 is 1.62 bits per heavy atom. The molecule has 1 aromatic heterocycles. The maximum absolute atomic E-state index is 8.76. The Balaban J connectivity index is 2.58. The van der Waals surface area contributed by atoms with Crippen molar-refractivity contribution in [2.75, 3.05) is 6.61 Å². The molecule has 74 valence electrons. The fourth-order valence-electron chi connectivity index (χ4n) is 1.13. The molecule has 0 saturated heterocycles. The Morgan fingerprint density at radius 3 is 2.77 bits per heavy atom. The van der Waals surface area contributed by atoms with Crippen LogP contribution >= 0.6 is 0 Å². The average Bonchev–Trinajstić information content (AvgIpc) is 2.52. The lowest BCUT2D eigenvalue weighted by atomic mass is 10.1. The summed E-state index contributed by atoms with van der Waals surface area (Å²) < 4.78 is 1.89. The summed E-state index contributed by atoms with van der Waals surface area (Å²) in [5.74, 6) is 0. The predicted molar refractivity (Wildman–Crippen MR) is 51.4 cm³/mol. The number of rotatable bonds is 4. The lowest BCUT2D eigenvalue weighted by molar-refractivity contribution is 0.265. The lowest BCUT2D eigenvalue weighted by Crippen LogP contribution is -2.26. The van der Waals surface area contributed by atoms with Crippen LogP contribution in [0.1, 0.15) is 25.5 Å². The molecule has 3 N–H and O–H groups in total. The molecule has 1 aromatic rings. The van der Waals surface area contributed by atoms with Crippen LogP contribution in [0.2, 0.25) is 0 Å². The zero-order valence-electron chi connectivity index (χ0n) is 8.14. The van der Waals surface area contributed by atoms with Crippen molar-refractivity contribution in [2.45, 2.75) is 32.4 Å². The minimum absolute atomic E-state index is 0.0207. The van der Waals surface area contributed by atoms with Crippen molar-refractivity contribution in [1.82, 2.24) is 9.78 Å². The van der Waals surface area contributed by atoms with Gasteiger partial charge in [-0.1, -0.05) is 0 Å². The van der Waals surface area contributed by atoms with Gasteiger partial charge in [-0.3, -0.25) is 4.68 Å². The fraction of sp³-hybridized carbons (Fsp3) is 0.667. The zero-order valence-corrected chi connectivity index (χ0v) is 8.14. The Morgan fingerprint density at radius 2 is 2.31 bits per heavy atom. The fourth-order valence-corrected chi connectivity index (χ4v) is 1.13. The Kier molecular flexibility index (Phi) is 3.45. The van der Waals surface area contributed by atoms with Gasteiger partial charge in [-0.15, -0.1) is 0 Å². The monoisotopic (exact) mass is 183 g/mol. The molecule has 0 aliphatic heterocycles. The number of aromatic nitrogens is 2. The summed E-state index contributed by atoms with van der Waals surface area (Å²) >= 11 is 0. The van der Waals surface area contributed by atoms with Gasteiger partial charge in [-0.2, -0.15) is 5.10 Å².